The summed E-state index contributed by atoms with van der Waals surface area (Å²) >= 11 is 0. The number of allylic oxidation sites excluding steroid dienone is 7. The van der Waals surface area contributed by atoms with Gasteiger partial charge >= 0.3 is 0 Å². The molecule has 0 aromatic heterocycles. The second-order valence-electron chi connectivity index (χ2n) is 6.93. The van der Waals surface area contributed by atoms with Crippen LogP contribution in [0.3, 0.4) is 0 Å². The van der Waals surface area contributed by atoms with Crippen LogP contribution in [0.15, 0.2) is 83.8 Å². The van der Waals surface area contributed by atoms with Crippen LogP contribution in [-0.2, 0) is 4.79 Å². The second kappa shape index (κ2) is 8.37. The highest BCUT2D eigenvalue weighted by Gasteiger charge is 2.20. The average molecular weight is 388 g/mol. The number of nitrogens with one attached hydrogen (secondary N) is 1. The Hall–Kier alpha value is -3.31. The molecule has 0 atom stereocenters. The van der Waals surface area contributed by atoms with E-state index in [4.69, 9.17) is 9.47 Å². The molecule has 3 aliphatic heterocycles. The number of amides is 1. The first-order valence-electron chi connectivity index (χ1n) is 9.65. The average Bonchev–Trinajstić information content (AvgIpc) is 2.77. The number of rotatable bonds is 4. The van der Waals surface area contributed by atoms with E-state index >= 15 is 0 Å². The Bertz CT molecular complexity index is 1010. The maximum atomic E-state index is 13.1. The maximum Gasteiger partial charge on any atom is 0.255 e. The lowest BCUT2D eigenvalue weighted by Gasteiger charge is -2.26. The van der Waals surface area contributed by atoms with Crippen LogP contribution in [0, 0.1) is 0 Å². The van der Waals surface area contributed by atoms with E-state index in [0.29, 0.717) is 11.5 Å². The van der Waals surface area contributed by atoms with Gasteiger partial charge in [-0.05, 0) is 59.5 Å². The largest absolute Gasteiger partial charge is 0.493 e. The summed E-state index contributed by atoms with van der Waals surface area (Å²) in [5.74, 6) is 1.21. The van der Waals surface area contributed by atoms with Crippen molar-refractivity contribution in [3.63, 3.8) is 0 Å². The lowest BCUT2D eigenvalue weighted by molar-refractivity contribution is -0.122. The van der Waals surface area contributed by atoms with Gasteiger partial charge in [-0.25, -0.2) is 0 Å². The van der Waals surface area contributed by atoms with Gasteiger partial charge in [-0.1, -0.05) is 30.4 Å². The molecule has 3 heterocycles. The summed E-state index contributed by atoms with van der Waals surface area (Å²) in [4.78, 5) is 14.8. The molecule has 0 fully saturated rings. The summed E-state index contributed by atoms with van der Waals surface area (Å²) < 4.78 is 10.7. The molecule has 0 aliphatic carbocycles. The van der Waals surface area contributed by atoms with E-state index in [2.05, 4.69) is 17.5 Å². The van der Waals surface area contributed by atoms with Gasteiger partial charge in [0.2, 0.25) is 0 Å². The van der Waals surface area contributed by atoms with Gasteiger partial charge in [-0.15, -0.1) is 0 Å². The molecule has 29 heavy (non-hydrogen) atoms. The summed E-state index contributed by atoms with van der Waals surface area (Å²) in [5, 5.41) is 3.32. The summed E-state index contributed by atoms with van der Waals surface area (Å²) in [6, 6.07) is 5.65. The standard InChI is InChI=1S/C24H24N2O3/c1-28-22-9-7-19(14-23(22)29-2)18-4-3-5-21-8-6-20(16-26(21)24(27)15-18)17-10-12-25-13-11-17/h3-10,14-16,25H,11-13H2,1-2H3/b4-3?,18-15?,21-5+. The van der Waals surface area contributed by atoms with E-state index in [1.807, 2.05) is 48.7 Å². The minimum absolute atomic E-state index is 0.0817. The van der Waals surface area contributed by atoms with E-state index < -0.39 is 0 Å². The van der Waals surface area contributed by atoms with Gasteiger partial charge in [0.1, 0.15) is 0 Å². The highest BCUT2D eigenvalue weighted by Crippen LogP contribution is 2.32. The molecule has 0 spiro atoms. The Morgan fingerprint density at radius 1 is 1.03 bits per heavy atom. The number of nitrogens with zero attached hydrogens (tertiary/aromatic N) is 1. The molecular formula is C24H24N2O3. The third-order valence-corrected chi connectivity index (χ3v) is 5.19. The molecule has 0 saturated carbocycles. The Balaban J connectivity index is 1.68. The monoisotopic (exact) mass is 388 g/mol. The SMILES string of the molecule is COc1ccc(C2=CC(=O)N3C=C(C4=CCNCC4)C=C/C3=C\C=C2)cc1OC. The molecule has 3 aliphatic rings. The maximum absolute atomic E-state index is 13.1. The number of benzene rings is 1. The van der Waals surface area contributed by atoms with Crippen LogP contribution in [0.1, 0.15) is 12.0 Å². The van der Waals surface area contributed by atoms with Crippen molar-refractivity contribution in [1.29, 1.82) is 0 Å². The normalized spacial score (nSPS) is 20.5. The molecular weight excluding hydrogens is 364 g/mol. The molecule has 5 nitrogen and oxygen atoms in total. The molecule has 148 valence electrons. The molecule has 4 rings (SSSR count). The number of carbonyl (C=O) groups excluding carboxylic acids is 1. The quantitative estimate of drug-likeness (QED) is 0.854. The van der Waals surface area contributed by atoms with Crippen molar-refractivity contribution in [2.24, 2.45) is 0 Å². The fourth-order valence-electron chi connectivity index (χ4n) is 3.61. The third kappa shape index (κ3) is 3.96. The zero-order valence-electron chi connectivity index (χ0n) is 16.6. The van der Waals surface area contributed by atoms with Gasteiger partial charge in [-0.3, -0.25) is 9.69 Å². The number of hydrogen-bond donors (Lipinski definition) is 1. The molecule has 0 saturated heterocycles. The van der Waals surface area contributed by atoms with Crippen molar-refractivity contribution < 1.29 is 14.3 Å². The van der Waals surface area contributed by atoms with E-state index in [1.165, 1.54) is 5.57 Å². The fraction of sp³-hybridized carbons (Fsp3) is 0.208. The number of methoxy groups -OCH3 is 2. The first-order chi connectivity index (χ1) is 14.2. The smallest absolute Gasteiger partial charge is 0.255 e. The fourth-order valence-corrected chi connectivity index (χ4v) is 3.61. The van der Waals surface area contributed by atoms with Crippen LogP contribution in [0.5, 0.6) is 11.5 Å². The van der Waals surface area contributed by atoms with Gasteiger partial charge in [0.15, 0.2) is 11.5 Å². The zero-order chi connectivity index (χ0) is 20.2. The topological polar surface area (TPSA) is 50.8 Å². The summed E-state index contributed by atoms with van der Waals surface area (Å²) in [6.07, 6.45) is 16.7. The Kier molecular flexibility index (Phi) is 5.49. The van der Waals surface area contributed by atoms with Gasteiger partial charge in [-0.2, -0.15) is 0 Å². The van der Waals surface area contributed by atoms with Crippen LogP contribution >= 0.6 is 0 Å². The van der Waals surface area contributed by atoms with Gasteiger partial charge in [0.25, 0.3) is 5.91 Å². The van der Waals surface area contributed by atoms with E-state index in [-0.39, 0.29) is 5.91 Å². The summed E-state index contributed by atoms with van der Waals surface area (Å²) in [7, 11) is 3.21. The van der Waals surface area contributed by atoms with Crippen LogP contribution in [0.2, 0.25) is 0 Å². The predicted molar refractivity (Wildman–Crippen MR) is 114 cm³/mol. The van der Waals surface area contributed by atoms with Gasteiger partial charge < -0.3 is 14.8 Å². The zero-order valence-corrected chi connectivity index (χ0v) is 16.6. The van der Waals surface area contributed by atoms with Crippen molar-refractivity contribution >= 4 is 11.5 Å². The van der Waals surface area contributed by atoms with Crippen molar-refractivity contribution in [2.45, 2.75) is 6.42 Å². The van der Waals surface area contributed by atoms with E-state index in [0.717, 1.165) is 41.9 Å². The van der Waals surface area contributed by atoms with Crippen molar-refractivity contribution in [3.05, 3.63) is 89.3 Å². The van der Waals surface area contributed by atoms with Crippen LogP contribution in [-0.4, -0.2) is 38.1 Å². The molecule has 5 heteroatoms. The molecule has 0 bridgehead atoms. The number of carbonyl (C=O) groups is 1. The third-order valence-electron chi connectivity index (χ3n) is 5.19. The Morgan fingerprint density at radius 2 is 1.90 bits per heavy atom. The molecule has 0 unspecified atom stereocenters. The van der Waals surface area contributed by atoms with Crippen LogP contribution < -0.4 is 14.8 Å². The lowest BCUT2D eigenvalue weighted by atomic mass is 9.97. The van der Waals surface area contributed by atoms with Gasteiger partial charge in [0, 0.05) is 24.5 Å². The predicted octanol–water partition coefficient (Wildman–Crippen LogP) is 3.74. The van der Waals surface area contributed by atoms with E-state index in [9.17, 15) is 4.79 Å². The highest BCUT2D eigenvalue weighted by atomic mass is 16.5. The summed E-state index contributed by atoms with van der Waals surface area (Å²) in [5.41, 5.74) is 4.92. The minimum Gasteiger partial charge on any atom is -0.493 e. The first-order valence-corrected chi connectivity index (χ1v) is 9.65. The van der Waals surface area contributed by atoms with Crippen LogP contribution in [0.25, 0.3) is 5.57 Å². The Morgan fingerprint density at radius 3 is 2.66 bits per heavy atom. The van der Waals surface area contributed by atoms with Crippen molar-refractivity contribution in [1.82, 2.24) is 10.2 Å². The first kappa shape index (κ1) is 19.0. The molecule has 1 amide bonds. The molecule has 1 aromatic carbocycles. The Labute approximate surface area is 171 Å². The lowest BCUT2D eigenvalue weighted by Crippen LogP contribution is -2.27. The minimum atomic E-state index is -0.0817. The van der Waals surface area contributed by atoms with Crippen molar-refractivity contribution in [2.75, 3.05) is 27.3 Å². The van der Waals surface area contributed by atoms with E-state index in [1.54, 1.807) is 25.2 Å². The van der Waals surface area contributed by atoms with Gasteiger partial charge in [0.05, 0.1) is 14.2 Å². The molecule has 1 aromatic rings. The highest BCUT2D eigenvalue weighted by molar-refractivity contribution is 6.00. The number of hydrogen-bond acceptors (Lipinski definition) is 4. The summed E-state index contributed by atoms with van der Waals surface area (Å²) in [6.45, 7) is 1.82. The van der Waals surface area contributed by atoms with Crippen LogP contribution in [0.4, 0.5) is 0 Å². The molecule has 1 N–H and O–H groups in total. The number of fused-ring (bicyclic) bond motifs is 1. The number of ether oxygens (including phenoxy) is 2. The molecule has 0 radical (unpaired) electrons. The van der Waals surface area contributed by atoms with Crippen molar-refractivity contribution in [3.8, 4) is 11.5 Å². The second-order valence-corrected chi connectivity index (χ2v) is 6.93.